The Morgan fingerprint density at radius 2 is 1.88 bits per heavy atom. The van der Waals surface area contributed by atoms with Gasteiger partial charge >= 0.3 is 0 Å². The van der Waals surface area contributed by atoms with Crippen molar-refractivity contribution in [2.45, 2.75) is 12.8 Å². The number of aromatic nitrogens is 1. The Labute approximate surface area is 108 Å². The maximum Gasteiger partial charge on any atom is 0.165 e. The molecule has 0 saturated carbocycles. The van der Waals surface area contributed by atoms with Crippen molar-refractivity contribution < 1.29 is 4.79 Å². The van der Waals surface area contributed by atoms with Crippen LogP contribution in [0.15, 0.2) is 41.0 Å². The Morgan fingerprint density at radius 1 is 1.06 bits per heavy atom. The minimum absolute atomic E-state index is 0.177. The fraction of sp³-hybridized carbons (Fsp3) is 0.143. The van der Waals surface area contributed by atoms with Crippen LogP contribution in [0.1, 0.15) is 22.3 Å². The molecule has 0 radical (unpaired) electrons. The van der Waals surface area contributed by atoms with Crippen molar-refractivity contribution in [3.8, 4) is 11.3 Å². The van der Waals surface area contributed by atoms with Gasteiger partial charge in [-0.2, -0.15) is 0 Å². The van der Waals surface area contributed by atoms with Gasteiger partial charge in [0, 0.05) is 28.2 Å². The summed E-state index contributed by atoms with van der Waals surface area (Å²) in [6, 6.07) is 9.71. The van der Waals surface area contributed by atoms with Crippen molar-refractivity contribution in [3.63, 3.8) is 0 Å². The first-order chi connectivity index (χ1) is 8.27. The molecule has 0 bridgehead atoms. The monoisotopic (exact) mass is 287 g/mol. The lowest BCUT2D eigenvalue weighted by atomic mass is 10.0. The van der Waals surface area contributed by atoms with Gasteiger partial charge in [0.25, 0.3) is 0 Å². The van der Waals surface area contributed by atoms with Gasteiger partial charge in [-0.3, -0.25) is 9.78 Å². The number of halogens is 1. The highest BCUT2D eigenvalue weighted by molar-refractivity contribution is 9.10. The van der Waals surface area contributed by atoms with Crippen LogP contribution in [0.25, 0.3) is 11.3 Å². The highest BCUT2D eigenvalue weighted by Gasteiger charge is 2.21. The largest absolute Gasteiger partial charge is 0.294 e. The van der Waals surface area contributed by atoms with Gasteiger partial charge in [-0.05, 0) is 30.2 Å². The maximum atomic E-state index is 12.0. The van der Waals surface area contributed by atoms with E-state index in [1.807, 2.05) is 30.3 Å². The molecule has 0 amide bonds. The molecule has 2 aromatic rings. The number of fused-ring (bicyclic) bond motifs is 3. The number of nitrogens with zero attached hydrogens (tertiary/aromatic N) is 1. The third kappa shape index (κ3) is 1.71. The molecule has 0 unspecified atom stereocenters. The molecule has 0 N–H and O–H groups in total. The highest BCUT2D eigenvalue weighted by atomic mass is 79.9. The molecule has 1 aromatic carbocycles. The van der Waals surface area contributed by atoms with Crippen LogP contribution >= 0.6 is 15.9 Å². The Bertz CT molecular complexity index is 607. The first-order valence-electron chi connectivity index (χ1n) is 5.53. The second kappa shape index (κ2) is 4.08. The zero-order valence-corrected chi connectivity index (χ0v) is 10.7. The van der Waals surface area contributed by atoms with Gasteiger partial charge in [-0.15, -0.1) is 0 Å². The summed E-state index contributed by atoms with van der Waals surface area (Å²) in [6.45, 7) is 0. The number of hydrogen-bond donors (Lipinski definition) is 0. The molecule has 2 nitrogen and oxygen atoms in total. The molecule has 84 valence electrons. The Kier molecular flexibility index (Phi) is 2.56. The average molecular weight is 288 g/mol. The van der Waals surface area contributed by atoms with Crippen molar-refractivity contribution in [2.24, 2.45) is 0 Å². The topological polar surface area (TPSA) is 30.0 Å². The van der Waals surface area contributed by atoms with E-state index in [-0.39, 0.29) is 5.78 Å². The van der Waals surface area contributed by atoms with Gasteiger partial charge in [-0.1, -0.05) is 28.1 Å². The lowest BCUT2D eigenvalue weighted by Gasteiger charge is -2.08. The summed E-state index contributed by atoms with van der Waals surface area (Å²) in [7, 11) is 0. The average Bonchev–Trinajstić information content (AvgIpc) is 2.50. The summed E-state index contributed by atoms with van der Waals surface area (Å²) in [5.41, 5.74) is 3.80. The number of hydrogen-bond acceptors (Lipinski definition) is 2. The van der Waals surface area contributed by atoms with Gasteiger partial charge in [0.1, 0.15) is 0 Å². The van der Waals surface area contributed by atoms with Crippen molar-refractivity contribution in [2.75, 3.05) is 0 Å². The van der Waals surface area contributed by atoms with Crippen LogP contribution in [0.5, 0.6) is 0 Å². The first-order valence-corrected chi connectivity index (χ1v) is 6.32. The lowest BCUT2D eigenvalue weighted by molar-refractivity contribution is 0.0984. The predicted octanol–water partition coefficient (Wildman–Crippen LogP) is 3.64. The molecule has 1 aromatic heterocycles. The summed E-state index contributed by atoms with van der Waals surface area (Å²) in [4.78, 5) is 16.4. The van der Waals surface area contributed by atoms with E-state index in [0.29, 0.717) is 6.42 Å². The van der Waals surface area contributed by atoms with Crippen molar-refractivity contribution >= 4 is 21.7 Å². The molecular formula is C14H10BrNO. The molecule has 1 heterocycles. The number of Topliss-reactive ketones (excluding diaryl/α,β-unsaturated/α-hetero) is 1. The zero-order chi connectivity index (χ0) is 11.8. The van der Waals surface area contributed by atoms with Gasteiger partial charge in [-0.25, -0.2) is 0 Å². The fourth-order valence-electron chi connectivity index (χ4n) is 2.25. The maximum absolute atomic E-state index is 12.0. The molecule has 0 atom stereocenters. The van der Waals surface area contributed by atoms with E-state index < -0.39 is 0 Å². The van der Waals surface area contributed by atoms with E-state index >= 15 is 0 Å². The van der Waals surface area contributed by atoms with Crippen LogP contribution < -0.4 is 0 Å². The predicted molar refractivity (Wildman–Crippen MR) is 70.0 cm³/mol. The number of ketones is 1. The molecule has 3 heteroatoms. The van der Waals surface area contributed by atoms with E-state index in [4.69, 9.17) is 0 Å². The smallest absolute Gasteiger partial charge is 0.165 e. The molecule has 0 spiro atoms. The third-order valence-electron chi connectivity index (χ3n) is 3.08. The van der Waals surface area contributed by atoms with E-state index in [0.717, 1.165) is 27.7 Å². The standard InChI is InChI=1S/C14H10BrNO/c15-12-5-1-3-10-9(12)6-7-13(17)11-4-2-8-16-14(10)11/h1-5,8H,6-7H2. The SMILES string of the molecule is O=C1CCc2c(Br)cccc2-c2ncccc21. The first kappa shape index (κ1) is 10.7. The Balaban J connectivity index is 2.34. The van der Waals surface area contributed by atoms with Gasteiger partial charge < -0.3 is 0 Å². The fourth-order valence-corrected chi connectivity index (χ4v) is 2.82. The number of benzene rings is 1. The van der Waals surface area contributed by atoms with Crippen LogP contribution in [-0.2, 0) is 6.42 Å². The Morgan fingerprint density at radius 3 is 2.76 bits per heavy atom. The second-order valence-corrected chi connectivity index (χ2v) is 4.94. The number of carbonyl (C=O) groups excluding carboxylic acids is 1. The number of carbonyl (C=O) groups is 1. The molecule has 1 aliphatic rings. The second-order valence-electron chi connectivity index (χ2n) is 4.09. The van der Waals surface area contributed by atoms with Crippen molar-refractivity contribution in [1.29, 1.82) is 0 Å². The molecule has 0 aliphatic heterocycles. The molecule has 0 fully saturated rings. The quantitative estimate of drug-likeness (QED) is 0.740. The van der Waals surface area contributed by atoms with Crippen LogP contribution in [0.4, 0.5) is 0 Å². The summed E-state index contributed by atoms with van der Waals surface area (Å²) < 4.78 is 1.06. The van der Waals surface area contributed by atoms with E-state index in [9.17, 15) is 4.79 Å². The summed E-state index contributed by atoms with van der Waals surface area (Å²) in [6.07, 6.45) is 3.06. The van der Waals surface area contributed by atoms with E-state index in [2.05, 4.69) is 20.9 Å². The third-order valence-corrected chi connectivity index (χ3v) is 3.83. The molecule has 3 rings (SSSR count). The van der Waals surface area contributed by atoms with Crippen LogP contribution in [0.3, 0.4) is 0 Å². The number of rotatable bonds is 0. The highest BCUT2D eigenvalue weighted by Crippen LogP contribution is 2.34. The van der Waals surface area contributed by atoms with Crippen LogP contribution in [0.2, 0.25) is 0 Å². The van der Waals surface area contributed by atoms with Gasteiger partial charge in [0.15, 0.2) is 5.78 Å². The summed E-state index contributed by atoms with van der Waals surface area (Å²) >= 11 is 3.55. The van der Waals surface area contributed by atoms with E-state index in [1.165, 1.54) is 5.56 Å². The van der Waals surface area contributed by atoms with Crippen molar-refractivity contribution in [3.05, 3.63) is 52.1 Å². The van der Waals surface area contributed by atoms with Crippen LogP contribution in [0, 0.1) is 0 Å². The van der Waals surface area contributed by atoms with E-state index in [1.54, 1.807) is 6.20 Å². The minimum Gasteiger partial charge on any atom is -0.294 e. The molecule has 17 heavy (non-hydrogen) atoms. The summed E-state index contributed by atoms with van der Waals surface area (Å²) in [5, 5.41) is 0. The normalized spacial score (nSPS) is 13.8. The van der Waals surface area contributed by atoms with Gasteiger partial charge in [0.05, 0.1) is 5.69 Å². The molecular weight excluding hydrogens is 278 g/mol. The molecule has 0 saturated heterocycles. The summed E-state index contributed by atoms with van der Waals surface area (Å²) in [5.74, 6) is 0.177. The number of pyridine rings is 1. The lowest BCUT2D eigenvalue weighted by Crippen LogP contribution is -2.00. The van der Waals surface area contributed by atoms with Crippen LogP contribution in [-0.4, -0.2) is 10.8 Å². The zero-order valence-electron chi connectivity index (χ0n) is 9.11. The molecule has 1 aliphatic carbocycles. The minimum atomic E-state index is 0.177. The van der Waals surface area contributed by atoms with Crippen molar-refractivity contribution in [1.82, 2.24) is 4.98 Å². The van der Waals surface area contributed by atoms with Gasteiger partial charge in [0.2, 0.25) is 0 Å². The Hall–Kier alpha value is -1.48.